The van der Waals surface area contributed by atoms with Crippen LogP contribution in [0.3, 0.4) is 0 Å². The summed E-state index contributed by atoms with van der Waals surface area (Å²) >= 11 is 0. The molecule has 0 amide bonds. The number of hydrogen-bond donors (Lipinski definition) is 2. The average molecular weight is 274 g/mol. The summed E-state index contributed by atoms with van der Waals surface area (Å²) in [7, 11) is 1.63. The van der Waals surface area contributed by atoms with E-state index >= 15 is 0 Å². The quantitative estimate of drug-likeness (QED) is 0.827. The third-order valence-electron chi connectivity index (χ3n) is 3.94. The molecule has 2 unspecified atom stereocenters. The third kappa shape index (κ3) is 3.72. The van der Waals surface area contributed by atoms with Crippen molar-refractivity contribution >= 4 is 0 Å². The fourth-order valence-corrected chi connectivity index (χ4v) is 2.75. The van der Waals surface area contributed by atoms with Crippen molar-refractivity contribution in [1.29, 1.82) is 5.26 Å². The Morgan fingerprint density at radius 3 is 2.90 bits per heavy atom. The lowest BCUT2D eigenvalue weighted by atomic mass is 10.0. The number of hydrogen-bond acceptors (Lipinski definition) is 4. The molecule has 1 aromatic carbocycles. The predicted molar refractivity (Wildman–Crippen MR) is 77.4 cm³/mol. The van der Waals surface area contributed by atoms with E-state index in [4.69, 9.17) is 10.00 Å². The minimum atomic E-state index is -0.275. The van der Waals surface area contributed by atoms with Crippen LogP contribution in [0, 0.1) is 11.3 Å². The van der Waals surface area contributed by atoms with Crippen molar-refractivity contribution in [3.8, 4) is 11.8 Å². The highest BCUT2D eigenvalue weighted by Crippen LogP contribution is 2.22. The minimum Gasteiger partial charge on any atom is -0.496 e. The number of rotatable bonds is 4. The Morgan fingerprint density at radius 2 is 2.15 bits per heavy atom. The molecule has 0 saturated heterocycles. The summed E-state index contributed by atoms with van der Waals surface area (Å²) in [6, 6.07) is 7.69. The first-order valence-electron chi connectivity index (χ1n) is 7.23. The van der Waals surface area contributed by atoms with E-state index in [0.29, 0.717) is 12.1 Å². The van der Waals surface area contributed by atoms with E-state index in [-0.39, 0.29) is 12.1 Å². The molecule has 0 bridgehead atoms. The van der Waals surface area contributed by atoms with Gasteiger partial charge in [0, 0.05) is 18.2 Å². The molecule has 1 aromatic rings. The molecule has 0 heterocycles. The third-order valence-corrected chi connectivity index (χ3v) is 3.94. The van der Waals surface area contributed by atoms with Crippen LogP contribution in [0.25, 0.3) is 0 Å². The summed E-state index contributed by atoms with van der Waals surface area (Å²) < 4.78 is 5.32. The molecule has 2 atom stereocenters. The highest BCUT2D eigenvalue weighted by molar-refractivity contribution is 5.42. The Morgan fingerprint density at radius 1 is 1.35 bits per heavy atom. The highest BCUT2D eigenvalue weighted by Gasteiger charge is 2.21. The Balaban J connectivity index is 2.03. The van der Waals surface area contributed by atoms with E-state index in [2.05, 4.69) is 11.4 Å². The van der Waals surface area contributed by atoms with Crippen LogP contribution in [0.2, 0.25) is 0 Å². The smallest absolute Gasteiger partial charge is 0.123 e. The van der Waals surface area contributed by atoms with Gasteiger partial charge in [-0.2, -0.15) is 5.26 Å². The normalized spacial score (nSPS) is 22.9. The summed E-state index contributed by atoms with van der Waals surface area (Å²) in [4.78, 5) is 0. The molecule has 4 nitrogen and oxygen atoms in total. The average Bonchev–Trinajstić information content (AvgIpc) is 2.69. The van der Waals surface area contributed by atoms with Gasteiger partial charge in [-0.25, -0.2) is 0 Å². The molecular formula is C16H22N2O2. The second kappa shape index (κ2) is 7.28. The van der Waals surface area contributed by atoms with Gasteiger partial charge in [0.2, 0.25) is 0 Å². The lowest BCUT2D eigenvalue weighted by Crippen LogP contribution is -2.38. The lowest BCUT2D eigenvalue weighted by Gasteiger charge is -2.22. The van der Waals surface area contributed by atoms with Crippen molar-refractivity contribution in [2.45, 2.75) is 50.8 Å². The maximum atomic E-state index is 10.1. The molecule has 1 saturated carbocycles. The van der Waals surface area contributed by atoms with Gasteiger partial charge in [-0.15, -0.1) is 0 Å². The van der Waals surface area contributed by atoms with Gasteiger partial charge in [0.05, 0.1) is 24.8 Å². The summed E-state index contributed by atoms with van der Waals surface area (Å²) in [5, 5.41) is 22.5. The molecule has 1 fully saturated rings. The van der Waals surface area contributed by atoms with Crippen molar-refractivity contribution in [3.05, 3.63) is 29.3 Å². The van der Waals surface area contributed by atoms with Gasteiger partial charge in [0.1, 0.15) is 5.75 Å². The largest absolute Gasteiger partial charge is 0.496 e. The Bertz CT molecular complexity index is 482. The molecule has 0 spiro atoms. The minimum absolute atomic E-state index is 0.132. The predicted octanol–water partition coefficient (Wildman–Crippen LogP) is 2.35. The van der Waals surface area contributed by atoms with Crippen LogP contribution in [0.15, 0.2) is 18.2 Å². The van der Waals surface area contributed by atoms with E-state index in [1.807, 2.05) is 12.1 Å². The van der Waals surface area contributed by atoms with Crippen molar-refractivity contribution < 1.29 is 9.84 Å². The maximum absolute atomic E-state index is 10.1. The molecule has 0 aliphatic heterocycles. The zero-order chi connectivity index (χ0) is 14.4. The number of benzene rings is 1. The molecule has 2 N–H and O–H groups in total. The SMILES string of the molecule is COc1ccc(C#N)cc1CNC1CCCCCC1O. The summed E-state index contributed by atoms with van der Waals surface area (Å²) in [6.07, 6.45) is 5.05. The topological polar surface area (TPSA) is 65.3 Å². The second-order valence-electron chi connectivity index (χ2n) is 5.33. The van der Waals surface area contributed by atoms with Gasteiger partial charge in [-0.05, 0) is 31.0 Å². The first kappa shape index (κ1) is 14.8. The van der Waals surface area contributed by atoms with Gasteiger partial charge in [-0.3, -0.25) is 0 Å². The van der Waals surface area contributed by atoms with Crippen LogP contribution in [-0.4, -0.2) is 24.4 Å². The van der Waals surface area contributed by atoms with Gasteiger partial charge in [0.25, 0.3) is 0 Å². The highest BCUT2D eigenvalue weighted by atomic mass is 16.5. The monoisotopic (exact) mass is 274 g/mol. The first-order valence-corrected chi connectivity index (χ1v) is 7.23. The first-order chi connectivity index (χ1) is 9.74. The lowest BCUT2D eigenvalue weighted by molar-refractivity contribution is 0.119. The number of aliphatic hydroxyl groups excluding tert-OH is 1. The van der Waals surface area contributed by atoms with E-state index < -0.39 is 0 Å². The number of nitrogens with one attached hydrogen (secondary N) is 1. The van der Waals surface area contributed by atoms with Crippen LogP contribution in [0.5, 0.6) is 5.75 Å². The van der Waals surface area contributed by atoms with Crippen molar-refractivity contribution in [2.75, 3.05) is 7.11 Å². The van der Waals surface area contributed by atoms with Crippen molar-refractivity contribution in [2.24, 2.45) is 0 Å². The Labute approximate surface area is 120 Å². The molecule has 1 aliphatic carbocycles. The Hall–Kier alpha value is -1.57. The summed E-state index contributed by atoms with van der Waals surface area (Å²) in [5.41, 5.74) is 1.59. The molecule has 0 radical (unpaired) electrons. The van der Waals surface area contributed by atoms with Gasteiger partial charge < -0.3 is 15.2 Å². The molecule has 0 aromatic heterocycles. The van der Waals surface area contributed by atoms with Gasteiger partial charge in [0.15, 0.2) is 0 Å². The van der Waals surface area contributed by atoms with Crippen molar-refractivity contribution in [1.82, 2.24) is 5.32 Å². The number of methoxy groups -OCH3 is 1. The number of ether oxygens (including phenoxy) is 1. The van der Waals surface area contributed by atoms with Gasteiger partial charge >= 0.3 is 0 Å². The van der Waals surface area contributed by atoms with Crippen molar-refractivity contribution in [3.63, 3.8) is 0 Å². The fourth-order valence-electron chi connectivity index (χ4n) is 2.75. The molecule has 1 aliphatic rings. The molecule has 4 heteroatoms. The Kier molecular flexibility index (Phi) is 5.40. The number of aliphatic hydroxyl groups is 1. The summed E-state index contributed by atoms with van der Waals surface area (Å²) in [5.74, 6) is 0.777. The maximum Gasteiger partial charge on any atom is 0.123 e. The van der Waals surface area contributed by atoms with Crippen LogP contribution in [-0.2, 0) is 6.54 Å². The van der Waals surface area contributed by atoms with Crippen LogP contribution in [0.4, 0.5) is 0 Å². The molecule has 108 valence electrons. The zero-order valence-electron chi connectivity index (χ0n) is 11.9. The zero-order valence-corrected chi connectivity index (χ0v) is 11.9. The second-order valence-corrected chi connectivity index (χ2v) is 5.33. The fraction of sp³-hybridized carbons (Fsp3) is 0.562. The van der Waals surface area contributed by atoms with Crippen LogP contribution >= 0.6 is 0 Å². The van der Waals surface area contributed by atoms with E-state index in [1.165, 1.54) is 6.42 Å². The van der Waals surface area contributed by atoms with E-state index in [0.717, 1.165) is 37.0 Å². The van der Waals surface area contributed by atoms with Crippen LogP contribution < -0.4 is 10.1 Å². The number of nitrogens with zero attached hydrogens (tertiary/aromatic N) is 1. The molecule has 20 heavy (non-hydrogen) atoms. The van der Waals surface area contributed by atoms with E-state index in [1.54, 1.807) is 13.2 Å². The standard InChI is InChI=1S/C16H22N2O2/c1-20-16-8-7-12(10-17)9-13(16)11-18-14-5-3-2-4-6-15(14)19/h7-9,14-15,18-19H,2-6,11H2,1H3. The van der Waals surface area contributed by atoms with E-state index in [9.17, 15) is 5.11 Å². The van der Waals surface area contributed by atoms with Crippen LogP contribution in [0.1, 0.15) is 43.2 Å². The number of nitriles is 1. The van der Waals surface area contributed by atoms with Gasteiger partial charge in [-0.1, -0.05) is 19.3 Å². The molecular weight excluding hydrogens is 252 g/mol. The molecule has 2 rings (SSSR count). The summed E-state index contributed by atoms with van der Waals surface area (Å²) in [6.45, 7) is 0.612.